The zero-order chi connectivity index (χ0) is 16.2. The lowest BCUT2D eigenvalue weighted by atomic mass is 10.2. The predicted molar refractivity (Wildman–Crippen MR) is 85.4 cm³/mol. The fourth-order valence-corrected chi connectivity index (χ4v) is 2.73. The predicted octanol–water partition coefficient (Wildman–Crippen LogP) is 3.96. The molecule has 2 heterocycles. The number of carbonyl (C=O) groups excluding carboxylic acids is 2. The number of benzene rings is 1. The van der Waals surface area contributed by atoms with E-state index in [0.29, 0.717) is 21.3 Å². The van der Waals surface area contributed by atoms with Crippen LogP contribution in [-0.2, 0) is 11.3 Å². The summed E-state index contributed by atoms with van der Waals surface area (Å²) < 4.78 is 10.6. The second kappa shape index (κ2) is 6.58. The SMILES string of the molecule is CC(=O)c1ccc(C(=O)OCc2coc(-c3ccccc3)n2)s1. The van der Waals surface area contributed by atoms with E-state index >= 15 is 0 Å². The van der Waals surface area contributed by atoms with Gasteiger partial charge in [-0.05, 0) is 31.2 Å². The Hall–Kier alpha value is -2.73. The Labute approximate surface area is 136 Å². The van der Waals surface area contributed by atoms with E-state index in [1.165, 1.54) is 13.2 Å². The van der Waals surface area contributed by atoms with E-state index in [1.54, 1.807) is 12.1 Å². The Morgan fingerprint density at radius 1 is 1.13 bits per heavy atom. The molecule has 0 bridgehead atoms. The van der Waals surface area contributed by atoms with Crippen LogP contribution in [-0.4, -0.2) is 16.7 Å². The van der Waals surface area contributed by atoms with Crippen molar-refractivity contribution in [3.05, 3.63) is 64.2 Å². The molecule has 0 N–H and O–H groups in total. The van der Waals surface area contributed by atoms with Crippen molar-refractivity contribution >= 4 is 23.1 Å². The molecule has 0 aliphatic carbocycles. The second-order valence-corrected chi connectivity index (χ2v) is 5.89. The first-order chi connectivity index (χ1) is 11.1. The Bertz CT molecular complexity index is 835. The third-order valence-electron chi connectivity index (χ3n) is 3.08. The summed E-state index contributed by atoms with van der Waals surface area (Å²) in [5.74, 6) is -0.0727. The summed E-state index contributed by atoms with van der Waals surface area (Å²) in [6.45, 7) is 1.48. The number of thiophene rings is 1. The van der Waals surface area contributed by atoms with Crippen LogP contribution < -0.4 is 0 Å². The normalized spacial score (nSPS) is 10.5. The fourth-order valence-electron chi connectivity index (χ4n) is 1.93. The maximum atomic E-state index is 11.9. The maximum absolute atomic E-state index is 11.9. The molecule has 0 radical (unpaired) electrons. The molecule has 0 saturated carbocycles. The molecule has 0 saturated heterocycles. The number of ether oxygens (including phenoxy) is 1. The quantitative estimate of drug-likeness (QED) is 0.524. The largest absolute Gasteiger partial charge is 0.455 e. The highest BCUT2D eigenvalue weighted by molar-refractivity contribution is 7.15. The Kier molecular flexibility index (Phi) is 4.34. The number of aromatic nitrogens is 1. The molecule has 1 aromatic carbocycles. The van der Waals surface area contributed by atoms with Crippen molar-refractivity contribution in [2.24, 2.45) is 0 Å². The van der Waals surface area contributed by atoms with Crippen molar-refractivity contribution < 1.29 is 18.7 Å². The fraction of sp³-hybridized carbons (Fsp3) is 0.118. The number of esters is 1. The van der Waals surface area contributed by atoms with Gasteiger partial charge in [-0.3, -0.25) is 4.79 Å². The number of ketones is 1. The van der Waals surface area contributed by atoms with E-state index in [9.17, 15) is 9.59 Å². The van der Waals surface area contributed by atoms with E-state index in [4.69, 9.17) is 9.15 Å². The van der Waals surface area contributed by atoms with Crippen LogP contribution in [0.15, 0.2) is 53.1 Å². The molecule has 116 valence electrons. The van der Waals surface area contributed by atoms with Gasteiger partial charge in [0.15, 0.2) is 5.78 Å². The molecule has 5 nitrogen and oxygen atoms in total. The van der Waals surface area contributed by atoms with Crippen LogP contribution in [0, 0.1) is 0 Å². The molecule has 0 atom stereocenters. The van der Waals surface area contributed by atoms with Gasteiger partial charge in [-0.25, -0.2) is 9.78 Å². The molecule has 6 heteroatoms. The van der Waals surface area contributed by atoms with Gasteiger partial charge in [0.25, 0.3) is 0 Å². The van der Waals surface area contributed by atoms with E-state index in [2.05, 4.69) is 4.98 Å². The smallest absolute Gasteiger partial charge is 0.348 e. The minimum Gasteiger partial charge on any atom is -0.455 e. The number of nitrogens with zero attached hydrogens (tertiary/aromatic N) is 1. The molecule has 0 unspecified atom stereocenters. The van der Waals surface area contributed by atoms with Crippen LogP contribution in [0.25, 0.3) is 11.5 Å². The molecule has 3 rings (SSSR count). The second-order valence-electron chi connectivity index (χ2n) is 4.81. The van der Waals surface area contributed by atoms with Crippen molar-refractivity contribution in [3.8, 4) is 11.5 Å². The number of hydrogen-bond donors (Lipinski definition) is 0. The summed E-state index contributed by atoms with van der Waals surface area (Å²) >= 11 is 1.12. The first-order valence-electron chi connectivity index (χ1n) is 6.91. The first-order valence-corrected chi connectivity index (χ1v) is 7.73. The van der Waals surface area contributed by atoms with E-state index in [1.807, 2.05) is 30.3 Å². The summed E-state index contributed by atoms with van der Waals surface area (Å²) in [4.78, 5) is 28.4. The highest BCUT2D eigenvalue weighted by Crippen LogP contribution is 2.20. The zero-order valence-electron chi connectivity index (χ0n) is 12.3. The summed E-state index contributed by atoms with van der Waals surface area (Å²) in [6, 6.07) is 12.7. The average Bonchev–Trinajstić information content (AvgIpc) is 3.23. The van der Waals surface area contributed by atoms with Crippen LogP contribution >= 0.6 is 11.3 Å². The standard InChI is InChI=1S/C17H13NO4S/c1-11(19)14-7-8-15(23-14)17(20)22-10-13-9-21-16(18-13)12-5-3-2-4-6-12/h2-9H,10H2,1H3. The van der Waals surface area contributed by atoms with Crippen molar-refractivity contribution in [2.45, 2.75) is 13.5 Å². The Balaban J connectivity index is 1.63. The molecule has 3 aromatic rings. The van der Waals surface area contributed by atoms with E-state index in [0.717, 1.165) is 16.9 Å². The van der Waals surface area contributed by atoms with Crippen molar-refractivity contribution in [1.82, 2.24) is 4.98 Å². The third kappa shape index (κ3) is 3.54. The maximum Gasteiger partial charge on any atom is 0.348 e. The van der Waals surface area contributed by atoms with Crippen LogP contribution in [0.5, 0.6) is 0 Å². The molecule has 0 aliphatic heterocycles. The average molecular weight is 327 g/mol. The zero-order valence-corrected chi connectivity index (χ0v) is 13.1. The number of carbonyl (C=O) groups is 2. The van der Waals surface area contributed by atoms with Gasteiger partial charge in [0.05, 0.1) is 4.88 Å². The van der Waals surface area contributed by atoms with Crippen molar-refractivity contribution in [1.29, 1.82) is 0 Å². The third-order valence-corrected chi connectivity index (χ3v) is 4.24. The highest BCUT2D eigenvalue weighted by atomic mass is 32.1. The topological polar surface area (TPSA) is 69.4 Å². The monoisotopic (exact) mass is 327 g/mol. The lowest BCUT2D eigenvalue weighted by molar-refractivity contribution is 0.0473. The minimum atomic E-state index is -0.480. The first kappa shape index (κ1) is 15.2. The lowest BCUT2D eigenvalue weighted by Crippen LogP contribution is -2.03. The van der Waals surface area contributed by atoms with Gasteiger partial charge in [0.1, 0.15) is 23.4 Å². The van der Waals surface area contributed by atoms with Crippen LogP contribution in [0.1, 0.15) is 32.0 Å². The lowest BCUT2D eigenvalue weighted by Gasteiger charge is -1.99. The number of rotatable bonds is 5. The van der Waals surface area contributed by atoms with Crippen LogP contribution in [0.2, 0.25) is 0 Å². The molecule has 0 aliphatic rings. The van der Waals surface area contributed by atoms with Gasteiger partial charge in [-0.15, -0.1) is 11.3 Å². The van der Waals surface area contributed by atoms with Crippen LogP contribution in [0.4, 0.5) is 0 Å². The van der Waals surface area contributed by atoms with Gasteiger partial charge in [-0.2, -0.15) is 0 Å². The Morgan fingerprint density at radius 3 is 2.57 bits per heavy atom. The molecular weight excluding hydrogens is 314 g/mol. The van der Waals surface area contributed by atoms with Gasteiger partial charge in [0.2, 0.25) is 5.89 Å². The number of Topliss-reactive ketones (excluding diaryl/α,β-unsaturated/α-hetero) is 1. The minimum absolute atomic E-state index is 0.0163. The summed E-state index contributed by atoms with van der Waals surface area (Å²) in [7, 11) is 0. The molecule has 0 fully saturated rings. The van der Waals surface area contributed by atoms with E-state index < -0.39 is 5.97 Å². The van der Waals surface area contributed by atoms with Gasteiger partial charge in [0, 0.05) is 5.56 Å². The molecule has 0 spiro atoms. The number of oxazole rings is 1. The van der Waals surface area contributed by atoms with Gasteiger partial charge < -0.3 is 9.15 Å². The molecule has 23 heavy (non-hydrogen) atoms. The van der Waals surface area contributed by atoms with Crippen molar-refractivity contribution in [3.63, 3.8) is 0 Å². The van der Waals surface area contributed by atoms with Crippen LogP contribution in [0.3, 0.4) is 0 Å². The molecule has 0 amide bonds. The summed E-state index contributed by atoms with van der Waals surface area (Å²) in [6.07, 6.45) is 1.46. The molecule has 2 aromatic heterocycles. The summed E-state index contributed by atoms with van der Waals surface area (Å²) in [5.41, 5.74) is 1.38. The van der Waals surface area contributed by atoms with E-state index in [-0.39, 0.29) is 12.4 Å². The summed E-state index contributed by atoms with van der Waals surface area (Å²) in [5, 5.41) is 0. The number of hydrogen-bond acceptors (Lipinski definition) is 6. The Morgan fingerprint density at radius 2 is 1.87 bits per heavy atom. The molecular formula is C17H13NO4S. The van der Waals surface area contributed by atoms with Crippen molar-refractivity contribution in [2.75, 3.05) is 0 Å². The highest BCUT2D eigenvalue weighted by Gasteiger charge is 2.14. The van der Waals surface area contributed by atoms with Gasteiger partial charge in [-0.1, -0.05) is 18.2 Å². The van der Waals surface area contributed by atoms with Gasteiger partial charge >= 0.3 is 5.97 Å².